The Morgan fingerprint density at radius 3 is 2.75 bits per heavy atom. The fourth-order valence-electron chi connectivity index (χ4n) is 2.94. The lowest BCUT2D eigenvalue weighted by Crippen LogP contribution is -2.31. The van der Waals surface area contributed by atoms with Gasteiger partial charge in [-0.05, 0) is 43.4 Å². The highest BCUT2D eigenvalue weighted by atomic mass is 35.5. The van der Waals surface area contributed by atoms with Crippen molar-refractivity contribution in [1.29, 1.82) is 0 Å². The number of hydrogen-bond donors (Lipinski definition) is 0. The molecule has 0 N–H and O–H groups in total. The van der Waals surface area contributed by atoms with E-state index in [1.165, 1.54) is 25.7 Å². The van der Waals surface area contributed by atoms with Gasteiger partial charge in [0.25, 0.3) is 0 Å². The van der Waals surface area contributed by atoms with Gasteiger partial charge in [-0.2, -0.15) is 0 Å². The molecule has 0 aliphatic heterocycles. The molecular weight excluding hydrogens is 172 g/mol. The van der Waals surface area contributed by atoms with E-state index in [0.717, 1.165) is 24.4 Å². The second kappa shape index (κ2) is 3.55. The van der Waals surface area contributed by atoms with E-state index in [1.54, 1.807) is 7.11 Å². The maximum absolute atomic E-state index is 6.35. The van der Waals surface area contributed by atoms with Gasteiger partial charge < -0.3 is 4.74 Å². The Balaban J connectivity index is 1.99. The molecule has 0 aromatic heterocycles. The van der Waals surface area contributed by atoms with Crippen molar-refractivity contribution in [3.8, 4) is 0 Å². The van der Waals surface area contributed by atoms with E-state index >= 15 is 0 Å². The van der Waals surface area contributed by atoms with Crippen LogP contribution < -0.4 is 0 Å². The molecule has 2 heteroatoms. The first-order valence-electron chi connectivity index (χ1n) is 4.96. The van der Waals surface area contributed by atoms with Crippen LogP contribution in [0.15, 0.2) is 0 Å². The Bertz CT molecular complexity index is 160. The molecule has 2 saturated carbocycles. The standard InChI is InChI=1S/C10H17ClO/c1-12-6-8-3-2-7-4-5-9(8)10(7)11/h7-10H,2-6H2,1H3. The van der Waals surface area contributed by atoms with E-state index in [0.29, 0.717) is 5.38 Å². The molecule has 2 aliphatic carbocycles. The van der Waals surface area contributed by atoms with Crippen molar-refractivity contribution in [2.75, 3.05) is 13.7 Å². The van der Waals surface area contributed by atoms with Gasteiger partial charge in [-0.25, -0.2) is 0 Å². The van der Waals surface area contributed by atoms with Gasteiger partial charge in [0.2, 0.25) is 0 Å². The minimum absolute atomic E-state index is 0.457. The highest BCUT2D eigenvalue weighted by Gasteiger charge is 2.42. The Kier molecular flexibility index (Phi) is 2.61. The Labute approximate surface area is 79.4 Å². The number of ether oxygens (including phenoxy) is 1. The summed E-state index contributed by atoms with van der Waals surface area (Å²) in [6.45, 7) is 0.917. The van der Waals surface area contributed by atoms with E-state index in [9.17, 15) is 0 Å². The number of hydrogen-bond acceptors (Lipinski definition) is 1. The van der Waals surface area contributed by atoms with E-state index < -0.39 is 0 Å². The van der Waals surface area contributed by atoms with Crippen molar-refractivity contribution < 1.29 is 4.74 Å². The lowest BCUT2D eigenvalue weighted by molar-refractivity contribution is 0.101. The van der Waals surface area contributed by atoms with Gasteiger partial charge in [0.1, 0.15) is 0 Å². The molecule has 0 aromatic carbocycles. The van der Waals surface area contributed by atoms with Crippen LogP contribution in [-0.4, -0.2) is 19.1 Å². The van der Waals surface area contributed by atoms with Crippen LogP contribution in [0.25, 0.3) is 0 Å². The van der Waals surface area contributed by atoms with Gasteiger partial charge in [-0.15, -0.1) is 11.6 Å². The molecule has 2 aliphatic rings. The summed E-state index contributed by atoms with van der Waals surface area (Å²) in [4.78, 5) is 0. The monoisotopic (exact) mass is 188 g/mol. The van der Waals surface area contributed by atoms with E-state index in [2.05, 4.69) is 0 Å². The second-order valence-electron chi connectivity index (χ2n) is 4.24. The molecule has 0 aromatic rings. The zero-order valence-corrected chi connectivity index (χ0v) is 8.39. The van der Waals surface area contributed by atoms with E-state index in [1.807, 2.05) is 0 Å². The maximum atomic E-state index is 6.35. The fraction of sp³-hybridized carbons (Fsp3) is 1.00. The zero-order chi connectivity index (χ0) is 8.55. The summed E-state index contributed by atoms with van der Waals surface area (Å²) in [6, 6.07) is 0. The van der Waals surface area contributed by atoms with Crippen LogP contribution in [0.4, 0.5) is 0 Å². The van der Waals surface area contributed by atoms with Crippen LogP contribution in [-0.2, 0) is 4.74 Å². The Morgan fingerprint density at radius 2 is 2.00 bits per heavy atom. The highest BCUT2D eigenvalue weighted by molar-refractivity contribution is 6.21. The summed E-state index contributed by atoms with van der Waals surface area (Å²) in [7, 11) is 1.80. The lowest BCUT2D eigenvalue weighted by atomic mass is 9.80. The molecular formula is C10H17ClO. The van der Waals surface area contributed by atoms with Crippen molar-refractivity contribution in [3.63, 3.8) is 0 Å². The van der Waals surface area contributed by atoms with Crippen LogP contribution in [0.2, 0.25) is 0 Å². The van der Waals surface area contributed by atoms with Crippen LogP contribution in [0.1, 0.15) is 25.7 Å². The van der Waals surface area contributed by atoms with Gasteiger partial charge in [-0.3, -0.25) is 0 Å². The average Bonchev–Trinajstić information content (AvgIpc) is 2.33. The third-order valence-electron chi connectivity index (χ3n) is 3.62. The van der Waals surface area contributed by atoms with Crippen molar-refractivity contribution in [1.82, 2.24) is 0 Å². The predicted octanol–water partition coefficient (Wildman–Crippen LogP) is 2.68. The van der Waals surface area contributed by atoms with Gasteiger partial charge >= 0.3 is 0 Å². The molecule has 2 rings (SSSR count). The van der Waals surface area contributed by atoms with E-state index in [4.69, 9.17) is 16.3 Å². The summed E-state index contributed by atoms with van der Waals surface area (Å²) >= 11 is 6.35. The van der Waals surface area contributed by atoms with Crippen LogP contribution in [0.5, 0.6) is 0 Å². The van der Waals surface area contributed by atoms with Crippen LogP contribution in [0, 0.1) is 17.8 Å². The first-order valence-corrected chi connectivity index (χ1v) is 5.39. The van der Waals surface area contributed by atoms with Crippen molar-refractivity contribution in [3.05, 3.63) is 0 Å². The molecule has 0 saturated heterocycles. The van der Waals surface area contributed by atoms with Gasteiger partial charge in [0.05, 0.1) is 0 Å². The fourth-order valence-corrected chi connectivity index (χ4v) is 3.52. The number of alkyl halides is 1. The number of methoxy groups -OCH3 is 1. The number of rotatable bonds is 2. The van der Waals surface area contributed by atoms with Gasteiger partial charge in [0, 0.05) is 19.1 Å². The summed E-state index contributed by atoms with van der Waals surface area (Å²) in [5.41, 5.74) is 0. The Morgan fingerprint density at radius 1 is 1.25 bits per heavy atom. The summed E-state index contributed by atoms with van der Waals surface area (Å²) in [5.74, 6) is 2.33. The average molecular weight is 189 g/mol. The lowest BCUT2D eigenvalue weighted by Gasteiger charge is -2.32. The molecule has 2 fully saturated rings. The molecule has 1 nitrogen and oxygen atoms in total. The van der Waals surface area contributed by atoms with Crippen molar-refractivity contribution in [2.24, 2.45) is 17.8 Å². The van der Waals surface area contributed by atoms with Crippen molar-refractivity contribution in [2.45, 2.75) is 31.1 Å². The first kappa shape index (κ1) is 8.83. The molecule has 12 heavy (non-hydrogen) atoms. The SMILES string of the molecule is COCC1CCC2CCC1C2Cl. The molecule has 70 valence electrons. The summed E-state index contributed by atoms with van der Waals surface area (Å²) < 4.78 is 5.22. The third-order valence-corrected chi connectivity index (χ3v) is 4.30. The van der Waals surface area contributed by atoms with Gasteiger partial charge in [-0.1, -0.05) is 0 Å². The maximum Gasteiger partial charge on any atom is 0.0493 e. The zero-order valence-electron chi connectivity index (χ0n) is 7.63. The molecule has 0 radical (unpaired) electrons. The predicted molar refractivity (Wildman–Crippen MR) is 50.5 cm³/mol. The third kappa shape index (κ3) is 1.38. The smallest absolute Gasteiger partial charge is 0.0493 e. The topological polar surface area (TPSA) is 9.23 Å². The largest absolute Gasteiger partial charge is 0.384 e. The number of halogens is 1. The minimum atomic E-state index is 0.457. The van der Waals surface area contributed by atoms with Crippen LogP contribution in [0.3, 0.4) is 0 Å². The molecule has 4 unspecified atom stereocenters. The van der Waals surface area contributed by atoms with Gasteiger partial charge in [0.15, 0.2) is 0 Å². The minimum Gasteiger partial charge on any atom is -0.384 e. The Hall–Kier alpha value is 0.250. The normalized spacial score (nSPS) is 46.5. The first-order chi connectivity index (χ1) is 5.83. The van der Waals surface area contributed by atoms with Crippen LogP contribution >= 0.6 is 11.6 Å². The highest BCUT2D eigenvalue weighted by Crippen LogP contribution is 2.48. The molecule has 2 bridgehead atoms. The molecule has 0 heterocycles. The number of fused-ring (bicyclic) bond motifs is 2. The summed E-state index contributed by atoms with van der Waals surface area (Å²) in [6.07, 6.45) is 5.37. The second-order valence-corrected chi connectivity index (χ2v) is 4.74. The summed E-state index contributed by atoms with van der Waals surface area (Å²) in [5, 5.41) is 0.457. The molecule has 0 spiro atoms. The van der Waals surface area contributed by atoms with Crippen molar-refractivity contribution >= 4 is 11.6 Å². The van der Waals surface area contributed by atoms with E-state index in [-0.39, 0.29) is 0 Å². The molecule has 0 amide bonds. The quantitative estimate of drug-likeness (QED) is 0.606. The molecule has 4 atom stereocenters.